The summed E-state index contributed by atoms with van der Waals surface area (Å²) in [7, 11) is 1.52. The first-order chi connectivity index (χ1) is 7.56. The average molecular weight is 265 g/mol. The van der Waals surface area contributed by atoms with E-state index >= 15 is 0 Å². The standard InChI is InChI=1S/C11H14Cl2O3/c1-7(14)11(16-6-15-2)9-4-3-8(12)5-10(9)13/h3-5,7,11,14H,6H2,1-2H3/t7?,11-/m0/s1. The van der Waals surface area contributed by atoms with Crippen LogP contribution in [0.5, 0.6) is 0 Å². The van der Waals surface area contributed by atoms with Crippen molar-refractivity contribution >= 4 is 23.2 Å². The Bertz CT molecular complexity index is 342. The van der Waals surface area contributed by atoms with Gasteiger partial charge in [-0.05, 0) is 19.1 Å². The van der Waals surface area contributed by atoms with Crippen molar-refractivity contribution in [2.24, 2.45) is 0 Å². The molecule has 5 heteroatoms. The lowest BCUT2D eigenvalue weighted by Crippen LogP contribution is -2.19. The minimum Gasteiger partial charge on any atom is -0.390 e. The molecule has 0 aromatic heterocycles. The molecule has 1 rings (SSSR count). The van der Waals surface area contributed by atoms with Gasteiger partial charge in [-0.15, -0.1) is 0 Å². The number of rotatable bonds is 5. The Morgan fingerprint density at radius 1 is 1.38 bits per heavy atom. The van der Waals surface area contributed by atoms with Crippen molar-refractivity contribution in [3.63, 3.8) is 0 Å². The van der Waals surface area contributed by atoms with Gasteiger partial charge < -0.3 is 14.6 Å². The summed E-state index contributed by atoms with van der Waals surface area (Å²) in [5.41, 5.74) is 0.693. The lowest BCUT2D eigenvalue weighted by atomic mass is 10.1. The molecule has 1 unspecified atom stereocenters. The second-order valence-corrected chi connectivity index (χ2v) is 4.24. The van der Waals surface area contributed by atoms with Crippen molar-refractivity contribution in [1.82, 2.24) is 0 Å². The summed E-state index contributed by atoms with van der Waals surface area (Å²) in [6.07, 6.45) is -1.21. The van der Waals surface area contributed by atoms with Gasteiger partial charge in [0.2, 0.25) is 0 Å². The molecule has 0 aliphatic rings. The predicted molar refractivity (Wildman–Crippen MR) is 63.8 cm³/mol. The molecule has 90 valence electrons. The number of benzene rings is 1. The molecule has 2 atom stereocenters. The van der Waals surface area contributed by atoms with Crippen LogP contribution in [0.25, 0.3) is 0 Å². The van der Waals surface area contributed by atoms with Gasteiger partial charge in [-0.1, -0.05) is 29.3 Å². The summed E-state index contributed by atoms with van der Waals surface area (Å²) >= 11 is 11.8. The van der Waals surface area contributed by atoms with E-state index < -0.39 is 12.2 Å². The third-order valence-electron chi connectivity index (χ3n) is 2.07. The molecule has 0 heterocycles. The summed E-state index contributed by atoms with van der Waals surface area (Å²) in [5.74, 6) is 0. The third kappa shape index (κ3) is 3.61. The van der Waals surface area contributed by atoms with Crippen molar-refractivity contribution in [3.05, 3.63) is 33.8 Å². The van der Waals surface area contributed by atoms with Crippen LogP contribution in [0.4, 0.5) is 0 Å². The summed E-state index contributed by atoms with van der Waals surface area (Å²) in [6.45, 7) is 1.72. The lowest BCUT2D eigenvalue weighted by molar-refractivity contribution is -0.110. The molecule has 0 saturated heterocycles. The Hall–Kier alpha value is -0.320. The first kappa shape index (κ1) is 13.7. The summed E-state index contributed by atoms with van der Waals surface area (Å²) < 4.78 is 10.2. The Labute approximate surface area is 105 Å². The van der Waals surface area contributed by atoms with Gasteiger partial charge in [0, 0.05) is 22.7 Å². The van der Waals surface area contributed by atoms with E-state index in [1.807, 2.05) is 0 Å². The van der Waals surface area contributed by atoms with Gasteiger partial charge >= 0.3 is 0 Å². The van der Waals surface area contributed by atoms with Gasteiger partial charge in [-0.2, -0.15) is 0 Å². The normalized spacial score (nSPS) is 14.8. The van der Waals surface area contributed by atoms with E-state index in [1.165, 1.54) is 7.11 Å². The van der Waals surface area contributed by atoms with Gasteiger partial charge in [-0.3, -0.25) is 0 Å². The lowest BCUT2D eigenvalue weighted by Gasteiger charge is -2.21. The van der Waals surface area contributed by atoms with E-state index in [4.69, 9.17) is 32.7 Å². The Balaban J connectivity index is 2.92. The highest BCUT2D eigenvalue weighted by atomic mass is 35.5. The minimum atomic E-state index is -0.686. The van der Waals surface area contributed by atoms with E-state index in [2.05, 4.69) is 0 Å². The van der Waals surface area contributed by atoms with Crippen LogP contribution < -0.4 is 0 Å². The fourth-order valence-corrected chi connectivity index (χ4v) is 1.88. The average Bonchev–Trinajstić information content (AvgIpc) is 2.20. The largest absolute Gasteiger partial charge is 0.390 e. The van der Waals surface area contributed by atoms with E-state index in [9.17, 15) is 5.11 Å². The molecule has 0 amide bonds. The van der Waals surface area contributed by atoms with Gasteiger partial charge in [0.05, 0.1) is 6.10 Å². The Morgan fingerprint density at radius 2 is 2.06 bits per heavy atom. The topological polar surface area (TPSA) is 38.7 Å². The van der Waals surface area contributed by atoms with Crippen LogP contribution in [0.2, 0.25) is 10.0 Å². The molecular weight excluding hydrogens is 251 g/mol. The van der Waals surface area contributed by atoms with Gasteiger partial charge in [0.15, 0.2) is 0 Å². The maximum atomic E-state index is 9.61. The summed E-state index contributed by atoms with van der Waals surface area (Å²) in [4.78, 5) is 0. The number of aliphatic hydroxyl groups is 1. The van der Waals surface area contributed by atoms with Crippen molar-refractivity contribution in [2.45, 2.75) is 19.1 Å². The molecule has 0 bridgehead atoms. The molecule has 0 saturated carbocycles. The van der Waals surface area contributed by atoms with E-state index in [0.29, 0.717) is 15.6 Å². The highest BCUT2D eigenvalue weighted by Gasteiger charge is 2.20. The highest BCUT2D eigenvalue weighted by molar-refractivity contribution is 6.35. The smallest absolute Gasteiger partial charge is 0.147 e. The molecule has 3 nitrogen and oxygen atoms in total. The molecule has 0 aliphatic heterocycles. The quantitative estimate of drug-likeness (QED) is 0.831. The SMILES string of the molecule is COCO[C@H](c1ccc(Cl)cc1Cl)C(C)O. The second kappa shape index (κ2) is 6.42. The molecule has 0 radical (unpaired) electrons. The van der Waals surface area contributed by atoms with Crippen LogP contribution in [0.1, 0.15) is 18.6 Å². The highest BCUT2D eigenvalue weighted by Crippen LogP contribution is 2.30. The molecule has 0 aliphatic carbocycles. The van der Waals surface area contributed by atoms with Crippen molar-refractivity contribution in [2.75, 3.05) is 13.9 Å². The minimum absolute atomic E-state index is 0.0918. The molecule has 16 heavy (non-hydrogen) atoms. The second-order valence-electron chi connectivity index (χ2n) is 3.40. The number of ether oxygens (including phenoxy) is 2. The van der Waals surface area contributed by atoms with Crippen molar-refractivity contribution in [1.29, 1.82) is 0 Å². The van der Waals surface area contributed by atoms with Crippen LogP contribution in [0.15, 0.2) is 18.2 Å². The number of hydrogen-bond donors (Lipinski definition) is 1. The molecular formula is C11H14Cl2O3. The van der Waals surface area contributed by atoms with Crippen molar-refractivity contribution in [3.8, 4) is 0 Å². The first-order valence-corrected chi connectivity index (χ1v) is 5.55. The maximum absolute atomic E-state index is 9.61. The molecule has 1 aromatic carbocycles. The zero-order valence-electron chi connectivity index (χ0n) is 9.11. The van der Waals surface area contributed by atoms with Gasteiger partial charge in [0.1, 0.15) is 12.9 Å². The fourth-order valence-electron chi connectivity index (χ4n) is 1.36. The van der Waals surface area contributed by atoms with Crippen molar-refractivity contribution < 1.29 is 14.6 Å². The van der Waals surface area contributed by atoms with Crippen LogP contribution in [-0.4, -0.2) is 25.1 Å². The monoisotopic (exact) mass is 264 g/mol. The van der Waals surface area contributed by atoms with Crippen LogP contribution >= 0.6 is 23.2 Å². The summed E-state index contributed by atoms with van der Waals surface area (Å²) in [6, 6.07) is 5.05. The summed E-state index contributed by atoms with van der Waals surface area (Å²) in [5, 5.41) is 10.6. The van der Waals surface area contributed by atoms with Gasteiger partial charge in [-0.25, -0.2) is 0 Å². The predicted octanol–water partition coefficient (Wildman–Crippen LogP) is 3.04. The van der Waals surface area contributed by atoms with E-state index in [0.717, 1.165) is 0 Å². The fraction of sp³-hybridized carbons (Fsp3) is 0.455. The molecule has 0 fully saturated rings. The molecule has 0 spiro atoms. The zero-order valence-corrected chi connectivity index (χ0v) is 10.6. The molecule has 1 aromatic rings. The van der Waals surface area contributed by atoms with E-state index in [-0.39, 0.29) is 6.79 Å². The number of methoxy groups -OCH3 is 1. The van der Waals surface area contributed by atoms with Crippen LogP contribution in [0, 0.1) is 0 Å². The number of aliphatic hydroxyl groups excluding tert-OH is 1. The Morgan fingerprint density at radius 3 is 2.56 bits per heavy atom. The number of halogens is 2. The number of hydrogen-bond acceptors (Lipinski definition) is 3. The van der Waals surface area contributed by atoms with Crippen LogP contribution in [-0.2, 0) is 9.47 Å². The third-order valence-corrected chi connectivity index (χ3v) is 2.64. The van der Waals surface area contributed by atoms with Crippen LogP contribution in [0.3, 0.4) is 0 Å². The molecule has 1 N–H and O–H groups in total. The first-order valence-electron chi connectivity index (χ1n) is 4.79. The zero-order chi connectivity index (χ0) is 12.1. The van der Waals surface area contributed by atoms with Gasteiger partial charge in [0.25, 0.3) is 0 Å². The maximum Gasteiger partial charge on any atom is 0.147 e. The Kier molecular flexibility index (Phi) is 5.52. The van der Waals surface area contributed by atoms with E-state index in [1.54, 1.807) is 25.1 Å².